The summed E-state index contributed by atoms with van der Waals surface area (Å²) in [6.07, 6.45) is 4.10. The quantitative estimate of drug-likeness (QED) is 0.733. The molecule has 6 heteroatoms. The van der Waals surface area contributed by atoms with Crippen LogP contribution in [0.3, 0.4) is 0 Å². The summed E-state index contributed by atoms with van der Waals surface area (Å²) in [6, 6.07) is 9.04. The van der Waals surface area contributed by atoms with Crippen LogP contribution in [0.15, 0.2) is 42.7 Å². The first-order valence-corrected chi connectivity index (χ1v) is 7.37. The third kappa shape index (κ3) is 4.96. The molecule has 0 aliphatic carbocycles. The van der Waals surface area contributed by atoms with Crippen LogP contribution in [0.25, 0.3) is 0 Å². The summed E-state index contributed by atoms with van der Waals surface area (Å²) in [6.45, 7) is 1.45. The van der Waals surface area contributed by atoms with Crippen LogP contribution in [0, 0.1) is 0 Å². The van der Waals surface area contributed by atoms with Gasteiger partial charge in [0, 0.05) is 32.7 Å². The van der Waals surface area contributed by atoms with Gasteiger partial charge < -0.3 is 20.1 Å². The SMILES string of the molecule is COCCCNc1cncc(C(=O)Nc2ccccc2OC)c1. The van der Waals surface area contributed by atoms with Crippen molar-refractivity contribution in [2.24, 2.45) is 0 Å². The van der Waals surface area contributed by atoms with Crippen LogP contribution in [-0.4, -0.2) is 38.3 Å². The molecule has 2 N–H and O–H groups in total. The van der Waals surface area contributed by atoms with Crippen molar-refractivity contribution in [1.82, 2.24) is 4.98 Å². The van der Waals surface area contributed by atoms with Crippen molar-refractivity contribution in [3.63, 3.8) is 0 Å². The van der Waals surface area contributed by atoms with E-state index in [0.29, 0.717) is 23.6 Å². The number of hydrogen-bond acceptors (Lipinski definition) is 5. The van der Waals surface area contributed by atoms with Crippen LogP contribution < -0.4 is 15.4 Å². The predicted octanol–water partition coefficient (Wildman–Crippen LogP) is 2.79. The number of carbonyl (C=O) groups excluding carboxylic acids is 1. The number of carbonyl (C=O) groups is 1. The van der Waals surface area contributed by atoms with Crippen LogP contribution in [0.4, 0.5) is 11.4 Å². The third-order valence-corrected chi connectivity index (χ3v) is 3.21. The smallest absolute Gasteiger partial charge is 0.257 e. The van der Waals surface area contributed by atoms with Crippen molar-refractivity contribution < 1.29 is 14.3 Å². The molecular formula is C17H21N3O3. The Hall–Kier alpha value is -2.60. The molecule has 2 aromatic rings. The Bertz CT molecular complexity index is 646. The van der Waals surface area contributed by atoms with Gasteiger partial charge in [-0.05, 0) is 24.6 Å². The normalized spacial score (nSPS) is 10.2. The van der Waals surface area contributed by atoms with E-state index in [0.717, 1.165) is 18.7 Å². The first kappa shape index (κ1) is 16.8. The fourth-order valence-corrected chi connectivity index (χ4v) is 2.05. The van der Waals surface area contributed by atoms with E-state index in [-0.39, 0.29) is 5.91 Å². The van der Waals surface area contributed by atoms with Crippen LogP contribution in [0.1, 0.15) is 16.8 Å². The number of ether oxygens (including phenoxy) is 2. The molecule has 0 fully saturated rings. The molecule has 1 amide bonds. The summed E-state index contributed by atoms with van der Waals surface area (Å²) in [5.74, 6) is 0.380. The largest absolute Gasteiger partial charge is 0.495 e. The Morgan fingerprint density at radius 1 is 1.22 bits per heavy atom. The van der Waals surface area contributed by atoms with Gasteiger partial charge in [-0.3, -0.25) is 9.78 Å². The minimum atomic E-state index is -0.234. The van der Waals surface area contributed by atoms with Crippen molar-refractivity contribution in [3.8, 4) is 5.75 Å². The third-order valence-electron chi connectivity index (χ3n) is 3.21. The van der Waals surface area contributed by atoms with E-state index in [4.69, 9.17) is 9.47 Å². The van der Waals surface area contributed by atoms with Gasteiger partial charge in [0.2, 0.25) is 0 Å². The number of nitrogens with zero attached hydrogens (tertiary/aromatic N) is 1. The van der Waals surface area contributed by atoms with Gasteiger partial charge in [-0.2, -0.15) is 0 Å². The van der Waals surface area contributed by atoms with E-state index in [2.05, 4.69) is 15.6 Å². The Balaban J connectivity index is 2.02. The monoisotopic (exact) mass is 315 g/mol. The molecule has 2 rings (SSSR count). The van der Waals surface area contributed by atoms with Gasteiger partial charge in [-0.1, -0.05) is 12.1 Å². The second kappa shape index (κ2) is 8.75. The van der Waals surface area contributed by atoms with Gasteiger partial charge >= 0.3 is 0 Å². The van der Waals surface area contributed by atoms with Gasteiger partial charge in [-0.15, -0.1) is 0 Å². The number of methoxy groups -OCH3 is 2. The molecule has 0 atom stereocenters. The number of rotatable bonds is 8. The second-order valence-corrected chi connectivity index (χ2v) is 4.89. The van der Waals surface area contributed by atoms with Gasteiger partial charge in [0.25, 0.3) is 5.91 Å². The molecule has 0 aliphatic rings. The van der Waals surface area contributed by atoms with Gasteiger partial charge in [0.15, 0.2) is 0 Å². The molecule has 6 nitrogen and oxygen atoms in total. The lowest BCUT2D eigenvalue weighted by Crippen LogP contribution is -2.13. The second-order valence-electron chi connectivity index (χ2n) is 4.89. The Morgan fingerprint density at radius 3 is 2.83 bits per heavy atom. The maximum Gasteiger partial charge on any atom is 0.257 e. The van der Waals surface area contributed by atoms with Crippen molar-refractivity contribution >= 4 is 17.3 Å². The maximum absolute atomic E-state index is 12.4. The molecule has 0 aliphatic heterocycles. The molecule has 122 valence electrons. The molecule has 1 aromatic carbocycles. The average Bonchev–Trinajstić information content (AvgIpc) is 2.59. The highest BCUT2D eigenvalue weighted by atomic mass is 16.5. The molecule has 0 bridgehead atoms. The number of pyridine rings is 1. The molecule has 0 saturated carbocycles. The van der Waals surface area contributed by atoms with Gasteiger partial charge in [0.1, 0.15) is 5.75 Å². The summed E-state index contributed by atoms with van der Waals surface area (Å²) in [5.41, 5.74) is 1.90. The Morgan fingerprint density at radius 2 is 2.04 bits per heavy atom. The van der Waals surface area contributed by atoms with Crippen LogP contribution in [0.5, 0.6) is 5.75 Å². The highest BCUT2D eigenvalue weighted by Crippen LogP contribution is 2.23. The Labute approximate surface area is 135 Å². The van der Waals surface area contributed by atoms with Crippen molar-refractivity contribution in [1.29, 1.82) is 0 Å². The number of para-hydroxylation sites is 2. The highest BCUT2D eigenvalue weighted by molar-refractivity contribution is 6.05. The van der Waals surface area contributed by atoms with Crippen LogP contribution in [-0.2, 0) is 4.74 Å². The van der Waals surface area contributed by atoms with Crippen LogP contribution >= 0.6 is 0 Å². The van der Waals surface area contributed by atoms with Gasteiger partial charge in [-0.25, -0.2) is 0 Å². The van der Waals surface area contributed by atoms with Crippen molar-refractivity contribution in [2.45, 2.75) is 6.42 Å². The first-order chi connectivity index (χ1) is 11.2. The lowest BCUT2D eigenvalue weighted by molar-refractivity contribution is 0.102. The van der Waals surface area contributed by atoms with E-state index in [9.17, 15) is 4.79 Å². The summed E-state index contributed by atoms with van der Waals surface area (Å²) < 4.78 is 10.2. The summed E-state index contributed by atoms with van der Waals surface area (Å²) in [4.78, 5) is 16.5. The zero-order chi connectivity index (χ0) is 16.5. The van der Waals surface area contributed by atoms with E-state index >= 15 is 0 Å². The highest BCUT2D eigenvalue weighted by Gasteiger charge is 2.10. The molecule has 0 saturated heterocycles. The number of amides is 1. The number of nitrogens with one attached hydrogen (secondary N) is 2. The van der Waals surface area contributed by atoms with Crippen LogP contribution in [0.2, 0.25) is 0 Å². The topological polar surface area (TPSA) is 72.5 Å². The van der Waals surface area contributed by atoms with Crippen molar-refractivity contribution in [2.75, 3.05) is 38.0 Å². The fourth-order valence-electron chi connectivity index (χ4n) is 2.05. The van der Waals surface area contributed by atoms with Gasteiger partial charge in [0.05, 0.1) is 24.0 Å². The number of hydrogen-bond donors (Lipinski definition) is 2. The zero-order valence-corrected chi connectivity index (χ0v) is 13.3. The number of benzene rings is 1. The molecule has 1 heterocycles. The minimum absolute atomic E-state index is 0.234. The van der Waals surface area contributed by atoms with E-state index < -0.39 is 0 Å². The summed E-state index contributed by atoms with van der Waals surface area (Å²) >= 11 is 0. The summed E-state index contributed by atoms with van der Waals surface area (Å²) in [5, 5.41) is 6.04. The first-order valence-electron chi connectivity index (χ1n) is 7.37. The number of aromatic nitrogens is 1. The zero-order valence-electron chi connectivity index (χ0n) is 13.3. The molecule has 1 aromatic heterocycles. The lowest BCUT2D eigenvalue weighted by atomic mass is 10.2. The maximum atomic E-state index is 12.4. The fraction of sp³-hybridized carbons (Fsp3) is 0.294. The molecule has 0 radical (unpaired) electrons. The standard InChI is InChI=1S/C17H21N3O3/c1-22-9-5-8-19-14-10-13(11-18-12-14)17(21)20-15-6-3-4-7-16(15)23-2/h3-4,6-7,10-12,19H,5,8-9H2,1-2H3,(H,20,21). The minimum Gasteiger partial charge on any atom is -0.495 e. The van der Waals surface area contributed by atoms with E-state index in [1.807, 2.05) is 12.1 Å². The van der Waals surface area contributed by atoms with Crippen molar-refractivity contribution in [3.05, 3.63) is 48.3 Å². The van der Waals surface area contributed by atoms with E-state index in [1.54, 1.807) is 38.6 Å². The molecular weight excluding hydrogens is 294 g/mol. The molecule has 0 spiro atoms. The lowest BCUT2D eigenvalue weighted by Gasteiger charge is -2.11. The molecule has 0 unspecified atom stereocenters. The molecule has 23 heavy (non-hydrogen) atoms. The summed E-state index contributed by atoms with van der Waals surface area (Å²) in [7, 11) is 3.24. The number of anilines is 2. The van der Waals surface area contributed by atoms with E-state index in [1.165, 1.54) is 6.20 Å². The predicted molar refractivity (Wildman–Crippen MR) is 90.2 cm³/mol. The Kier molecular flexibility index (Phi) is 6.38. The average molecular weight is 315 g/mol.